The summed E-state index contributed by atoms with van der Waals surface area (Å²) in [5.41, 5.74) is -2.61. The van der Waals surface area contributed by atoms with E-state index >= 15 is 0 Å². The Bertz CT molecular complexity index is 1070. The molecule has 13 heteroatoms. The van der Waals surface area contributed by atoms with Crippen LogP contribution < -0.4 is 5.32 Å². The van der Waals surface area contributed by atoms with Gasteiger partial charge in [0.15, 0.2) is 15.5 Å². The molecule has 6 nitrogen and oxygen atoms in total. The first-order valence-corrected chi connectivity index (χ1v) is 11.1. The monoisotopic (exact) mass is 483 g/mol. The second kappa shape index (κ2) is 8.75. The SMILES string of the molecule is O=C(NC[C@H]1CC[C@H](S(=O)(=O)c2cccc(C(F)(F)F)c2)CC1)c1cc(C(F)(F)F)n[nH]1. The minimum absolute atomic E-state index is 0.114. The molecular formula is C19H19F6N3O3S. The van der Waals surface area contributed by atoms with Gasteiger partial charge in [0.05, 0.1) is 15.7 Å². The molecule has 1 aromatic heterocycles. The van der Waals surface area contributed by atoms with Crippen LogP contribution in [0.1, 0.15) is 47.4 Å². The summed E-state index contributed by atoms with van der Waals surface area (Å²) in [4.78, 5) is 11.6. The maximum atomic E-state index is 12.9. The fourth-order valence-corrected chi connectivity index (χ4v) is 5.44. The fraction of sp³-hybridized carbons (Fsp3) is 0.474. The molecule has 3 rings (SSSR count). The number of sulfone groups is 1. The molecule has 2 aromatic rings. The van der Waals surface area contributed by atoms with E-state index in [0.29, 0.717) is 25.0 Å². The highest BCUT2D eigenvalue weighted by Gasteiger charge is 2.36. The molecule has 0 aliphatic heterocycles. The first-order valence-electron chi connectivity index (χ1n) is 9.60. The van der Waals surface area contributed by atoms with Crippen molar-refractivity contribution in [3.63, 3.8) is 0 Å². The summed E-state index contributed by atoms with van der Waals surface area (Å²) < 4.78 is 102. The Hall–Kier alpha value is -2.57. The van der Waals surface area contributed by atoms with E-state index in [1.165, 1.54) is 0 Å². The number of carbonyl (C=O) groups is 1. The Morgan fingerprint density at radius 1 is 1.03 bits per heavy atom. The van der Waals surface area contributed by atoms with Gasteiger partial charge in [0, 0.05) is 12.6 Å². The highest BCUT2D eigenvalue weighted by Crippen LogP contribution is 2.35. The fourth-order valence-electron chi connectivity index (χ4n) is 3.60. The largest absolute Gasteiger partial charge is 0.435 e. The van der Waals surface area contributed by atoms with Gasteiger partial charge >= 0.3 is 12.4 Å². The van der Waals surface area contributed by atoms with Gasteiger partial charge in [-0.05, 0) is 49.8 Å². The molecular weight excluding hydrogens is 464 g/mol. The lowest BCUT2D eigenvalue weighted by Gasteiger charge is -2.28. The van der Waals surface area contributed by atoms with E-state index in [0.717, 1.165) is 18.2 Å². The third-order valence-electron chi connectivity index (χ3n) is 5.39. The molecule has 0 radical (unpaired) electrons. The third-order valence-corrected chi connectivity index (χ3v) is 7.65. The summed E-state index contributed by atoms with van der Waals surface area (Å²) >= 11 is 0. The highest BCUT2D eigenvalue weighted by atomic mass is 32.2. The quantitative estimate of drug-likeness (QED) is 0.624. The molecule has 1 fully saturated rings. The van der Waals surface area contributed by atoms with Gasteiger partial charge in [0.2, 0.25) is 0 Å². The number of alkyl halides is 6. The Kier molecular flexibility index (Phi) is 6.59. The number of aromatic amines is 1. The molecule has 0 unspecified atom stereocenters. The zero-order valence-corrected chi connectivity index (χ0v) is 17.2. The average Bonchev–Trinajstić information content (AvgIpc) is 3.23. The first-order chi connectivity index (χ1) is 14.8. The van der Waals surface area contributed by atoms with Crippen molar-refractivity contribution in [2.24, 2.45) is 5.92 Å². The number of benzene rings is 1. The Labute approximate surface area is 179 Å². The van der Waals surface area contributed by atoms with Crippen molar-refractivity contribution in [1.29, 1.82) is 0 Å². The molecule has 1 heterocycles. The van der Waals surface area contributed by atoms with E-state index in [-0.39, 0.29) is 35.9 Å². The molecule has 0 atom stereocenters. The van der Waals surface area contributed by atoms with Crippen molar-refractivity contribution in [2.45, 2.75) is 48.2 Å². The van der Waals surface area contributed by atoms with Crippen LogP contribution in [-0.2, 0) is 22.2 Å². The van der Waals surface area contributed by atoms with E-state index in [9.17, 15) is 39.6 Å². The lowest BCUT2D eigenvalue weighted by Crippen LogP contribution is -2.34. The maximum Gasteiger partial charge on any atom is 0.435 e. The van der Waals surface area contributed by atoms with E-state index in [2.05, 4.69) is 10.4 Å². The topological polar surface area (TPSA) is 91.9 Å². The van der Waals surface area contributed by atoms with Crippen LogP contribution in [0.15, 0.2) is 35.2 Å². The van der Waals surface area contributed by atoms with Crippen LogP contribution in [0.2, 0.25) is 0 Å². The van der Waals surface area contributed by atoms with Crippen LogP contribution in [0, 0.1) is 5.92 Å². The highest BCUT2D eigenvalue weighted by molar-refractivity contribution is 7.92. The van der Waals surface area contributed by atoms with Gasteiger partial charge in [-0.25, -0.2) is 8.42 Å². The first kappa shape index (κ1) is 24.1. The number of nitrogens with zero attached hydrogens (tertiary/aromatic N) is 1. The molecule has 32 heavy (non-hydrogen) atoms. The zero-order chi connectivity index (χ0) is 23.7. The molecule has 1 amide bonds. The molecule has 2 N–H and O–H groups in total. The van der Waals surface area contributed by atoms with E-state index in [4.69, 9.17) is 0 Å². The summed E-state index contributed by atoms with van der Waals surface area (Å²) in [6.07, 6.45) is -8.17. The van der Waals surface area contributed by atoms with Gasteiger partial charge in [-0.15, -0.1) is 0 Å². The minimum Gasteiger partial charge on any atom is -0.350 e. The third kappa shape index (κ3) is 5.43. The summed E-state index contributed by atoms with van der Waals surface area (Å²) in [7, 11) is -3.96. The smallest absolute Gasteiger partial charge is 0.350 e. The number of carbonyl (C=O) groups excluding carboxylic acids is 1. The van der Waals surface area contributed by atoms with Gasteiger partial charge in [-0.3, -0.25) is 9.89 Å². The van der Waals surface area contributed by atoms with Gasteiger partial charge in [-0.2, -0.15) is 31.4 Å². The molecule has 1 aliphatic rings. The summed E-state index contributed by atoms with van der Waals surface area (Å²) in [6.45, 7) is 0.121. The maximum absolute atomic E-state index is 12.9. The van der Waals surface area contributed by atoms with Gasteiger partial charge in [0.25, 0.3) is 5.91 Å². The average molecular weight is 483 g/mol. The molecule has 1 aliphatic carbocycles. The predicted molar refractivity (Wildman–Crippen MR) is 100 cm³/mol. The summed E-state index contributed by atoms with van der Waals surface area (Å²) in [5, 5.41) is 6.70. The lowest BCUT2D eigenvalue weighted by molar-refractivity contribution is -0.141. The van der Waals surface area contributed by atoms with Crippen molar-refractivity contribution >= 4 is 15.7 Å². The number of H-pyrrole nitrogens is 1. The number of aromatic nitrogens is 2. The molecule has 1 saturated carbocycles. The van der Waals surface area contributed by atoms with Gasteiger partial charge < -0.3 is 5.32 Å². The zero-order valence-electron chi connectivity index (χ0n) is 16.4. The van der Waals surface area contributed by atoms with Crippen LogP contribution in [-0.4, -0.2) is 36.3 Å². The van der Waals surface area contributed by atoms with Crippen LogP contribution >= 0.6 is 0 Å². The molecule has 0 saturated heterocycles. The molecule has 0 bridgehead atoms. The minimum atomic E-state index is -4.68. The standard InChI is InChI=1S/C19H19F6N3O3S/c20-18(21,22)12-2-1-3-14(8-12)32(30,31)13-6-4-11(5-7-13)10-26-17(29)15-9-16(28-27-15)19(23,24)25/h1-3,8-9,11,13H,4-7,10H2,(H,26,29)(H,27,28)/t11-,13-. The second-order valence-electron chi connectivity index (χ2n) is 7.59. The summed E-state index contributed by atoms with van der Waals surface area (Å²) in [6, 6.07) is 4.21. The van der Waals surface area contributed by atoms with Crippen LogP contribution in [0.5, 0.6) is 0 Å². The molecule has 176 valence electrons. The Balaban J connectivity index is 1.56. The summed E-state index contributed by atoms with van der Waals surface area (Å²) in [5.74, 6) is -0.886. The Morgan fingerprint density at radius 3 is 2.25 bits per heavy atom. The van der Waals surface area contributed by atoms with E-state index < -0.39 is 44.6 Å². The van der Waals surface area contributed by atoms with Crippen molar-refractivity contribution in [3.05, 3.63) is 47.3 Å². The van der Waals surface area contributed by atoms with E-state index in [1.54, 1.807) is 0 Å². The molecule has 0 spiro atoms. The van der Waals surface area contributed by atoms with Crippen molar-refractivity contribution in [3.8, 4) is 0 Å². The number of halogens is 6. The number of rotatable bonds is 5. The van der Waals surface area contributed by atoms with Crippen LogP contribution in [0.25, 0.3) is 0 Å². The number of nitrogens with one attached hydrogen (secondary N) is 2. The van der Waals surface area contributed by atoms with Crippen LogP contribution in [0.4, 0.5) is 26.3 Å². The second-order valence-corrected chi connectivity index (χ2v) is 9.82. The molecule has 1 aromatic carbocycles. The van der Waals surface area contributed by atoms with Crippen molar-refractivity contribution in [2.75, 3.05) is 6.54 Å². The lowest BCUT2D eigenvalue weighted by atomic mass is 9.89. The predicted octanol–water partition coefficient (Wildman–Crippen LogP) is 4.21. The van der Waals surface area contributed by atoms with E-state index in [1.807, 2.05) is 5.10 Å². The van der Waals surface area contributed by atoms with Crippen molar-refractivity contribution in [1.82, 2.24) is 15.5 Å². The van der Waals surface area contributed by atoms with Gasteiger partial charge in [-0.1, -0.05) is 6.07 Å². The van der Waals surface area contributed by atoms with Crippen LogP contribution in [0.3, 0.4) is 0 Å². The van der Waals surface area contributed by atoms with Gasteiger partial charge in [0.1, 0.15) is 5.69 Å². The Morgan fingerprint density at radius 2 is 1.69 bits per heavy atom. The van der Waals surface area contributed by atoms with Crippen molar-refractivity contribution < 1.29 is 39.6 Å². The normalized spacial score (nSPS) is 20.2. The number of amides is 1. The number of hydrogen-bond acceptors (Lipinski definition) is 4. The number of hydrogen-bond donors (Lipinski definition) is 2.